The summed E-state index contributed by atoms with van der Waals surface area (Å²) in [6, 6.07) is 5.19. The first-order valence-corrected chi connectivity index (χ1v) is 8.71. The molecule has 1 aromatic carbocycles. The smallest absolute Gasteiger partial charge is 0.399 e. The Labute approximate surface area is 133 Å². The Morgan fingerprint density at radius 2 is 1.55 bits per heavy atom. The van der Waals surface area contributed by atoms with E-state index < -0.39 is 28.3 Å². The number of hydrogen-bond acceptors (Lipinski definition) is 4. The van der Waals surface area contributed by atoms with Gasteiger partial charge in [0.15, 0.2) is 0 Å². The van der Waals surface area contributed by atoms with Crippen LogP contribution in [0.25, 0.3) is 0 Å². The van der Waals surface area contributed by atoms with Crippen molar-refractivity contribution in [2.45, 2.75) is 50.7 Å². The van der Waals surface area contributed by atoms with Crippen molar-refractivity contribution in [3.05, 3.63) is 23.8 Å². The van der Waals surface area contributed by atoms with Gasteiger partial charge in [-0.1, -0.05) is 12.1 Å². The van der Waals surface area contributed by atoms with Crippen molar-refractivity contribution in [1.82, 2.24) is 4.31 Å². The Bertz CT molecular complexity index is 667. The maximum Gasteiger partial charge on any atom is 0.494 e. The molecular formula is C15H24BNO4S. The molecule has 2 rings (SSSR count). The van der Waals surface area contributed by atoms with Crippen molar-refractivity contribution in [3.8, 4) is 0 Å². The van der Waals surface area contributed by atoms with Gasteiger partial charge in [0.25, 0.3) is 0 Å². The van der Waals surface area contributed by atoms with Gasteiger partial charge in [-0.25, -0.2) is 12.7 Å². The lowest BCUT2D eigenvalue weighted by Gasteiger charge is -2.32. The van der Waals surface area contributed by atoms with Crippen LogP contribution in [0.15, 0.2) is 23.1 Å². The third kappa shape index (κ3) is 2.83. The highest BCUT2D eigenvalue weighted by atomic mass is 32.2. The van der Waals surface area contributed by atoms with Gasteiger partial charge in [-0.2, -0.15) is 0 Å². The fourth-order valence-corrected chi connectivity index (χ4v) is 3.38. The minimum absolute atomic E-state index is 0.303. The van der Waals surface area contributed by atoms with Gasteiger partial charge in [0.05, 0.1) is 16.1 Å². The minimum atomic E-state index is -3.44. The van der Waals surface area contributed by atoms with E-state index in [2.05, 4.69) is 0 Å². The quantitative estimate of drug-likeness (QED) is 0.791. The van der Waals surface area contributed by atoms with Crippen LogP contribution in [0.4, 0.5) is 0 Å². The van der Waals surface area contributed by atoms with Gasteiger partial charge >= 0.3 is 7.12 Å². The number of benzene rings is 1. The van der Waals surface area contributed by atoms with E-state index in [9.17, 15) is 8.42 Å². The second-order valence-corrected chi connectivity index (χ2v) is 9.02. The predicted molar refractivity (Wildman–Crippen MR) is 87.8 cm³/mol. The van der Waals surface area contributed by atoms with Crippen LogP contribution in [0.3, 0.4) is 0 Å². The Morgan fingerprint density at radius 1 is 1.05 bits per heavy atom. The fourth-order valence-electron chi connectivity index (χ4n) is 2.28. The van der Waals surface area contributed by atoms with Crippen LogP contribution in [-0.4, -0.2) is 45.1 Å². The molecule has 122 valence electrons. The van der Waals surface area contributed by atoms with Gasteiger partial charge in [-0.3, -0.25) is 0 Å². The predicted octanol–water partition coefficient (Wildman–Crippen LogP) is 1.54. The molecule has 1 aromatic rings. The van der Waals surface area contributed by atoms with Gasteiger partial charge in [0, 0.05) is 14.1 Å². The molecule has 1 aliphatic heterocycles. The fraction of sp³-hybridized carbons (Fsp3) is 0.600. The highest BCUT2D eigenvalue weighted by molar-refractivity contribution is 7.89. The molecule has 22 heavy (non-hydrogen) atoms. The molecule has 0 aliphatic carbocycles. The van der Waals surface area contributed by atoms with Crippen molar-refractivity contribution in [2.75, 3.05) is 14.1 Å². The number of hydrogen-bond donors (Lipinski definition) is 0. The first-order valence-electron chi connectivity index (χ1n) is 7.27. The van der Waals surface area contributed by atoms with E-state index >= 15 is 0 Å². The standard InChI is InChI=1S/C15H24BNO4S/c1-11-10-12(8-9-13(11)22(18,19)17(6)7)16-20-14(2,3)15(4,5)21-16/h8-10H,1-7H3. The van der Waals surface area contributed by atoms with E-state index in [0.717, 1.165) is 5.46 Å². The molecule has 1 heterocycles. The zero-order valence-corrected chi connectivity index (χ0v) is 15.1. The van der Waals surface area contributed by atoms with Crippen LogP contribution in [0.2, 0.25) is 0 Å². The van der Waals surface area contributed by atoms with E-state index in [1.165, 1.54) is 18.4 Å². The molecule has 0 aromatic heterocycles. The SMILES string of the molecule is Cc1cc(B2OC(C)(C)C(C)(C)O2)ccc1S(=O)(=O)N(C)C. The summed E-state index contributed by atoms with van der Waals surface area (Å²) in [5.41, 5.74) is 0.676. The summed E-state index contributed by atoms with van der Waals surface area (Å²) in [6.45, 7) is 9.75. The van der Waals surface area contributed by atoms with Crippen LogP contribution in [0.1, 0.15) is 33.3 Å². The monoisotopic (exact) mass is 325 g/mol. The lowest BCUT2D eigenvalue weighted by Crippen LogP contribution is -2.41. The second-order valence-electron chi connectivity index (χ2n) is 6.90. The van der Waals surface area contributed by atoms with E-state index in [1.807, 2.05) is 33.8 Å². The van der Waals surface area contributed by atoms with Gasteiger partial charge in [0.2, 0.25) is 10.0 Å². The molecule has 1 aliphatic rings. The molecule has 0 radical (unpaired) electrons. The van der Waals surface area contributed by atoms with Crippen molar-refractivity contribution in [2.24, 2.45) is 0 Å². The first kappa shape index (κ1) is 17.5. The summed E-state index contributed by atoms with van der Waals surface area (Å²) in [5, 5.41) is 0. The lowest BCUT2D eigenvalue weighted by atomic mass is 9.78. The van der Waals surface area contributed by atoms with Crippen LogP contribution >= 0.6 is 0 Å². The largest absolute Gasteiger partial charge is 0.494 e. The summed E-state index contributed by atoms with van der Waals surface area (Å²) in [5.74, 6) is 0. The zero-order valence-electron chi connectivity index (χ0n) is 14.3. The van der Waals surface area contributed by atoms with Crippen molar-refractivity contribution < 1.29 is 17.7 Å². The van der Waals surface area contributed by atoms with Gasteiger partial charge < -0.3 is 9.31 Å². The molecule has 0 atom stereocenters. The van der Waals surface area contributed by atoms with E-state index in [-0.39, 0.29) is 0 Å². The summed E-state index contributed by atoms with van der Waals surface area (Å²) in [6.07, 6.45) is 0. The minimum Gasteiger partial charge on any atom is -0.399 e. The van der Waals surface area contributed by atoms with Crippen molar-refractivity contribution >= 4 is 22.6 Å². The number of nitrogens with zero attached hydrogens (tertiary/aromatic N) is 1. The maximum atomic E-state index is 12.3. The summed E-state index contributed by atoms with van der Waals surface area (Å²) < 4.78 is 37.7. The summed E-state index contributed by atoms with van der Waals surface area (Å²) in [4.78, 5) is 0.303. The van der Waals surface area contributed by atoms with E-state index in [1.54, 1.807) is 19.1 Å². The second kappa shape index (κ2) is 5.34. The van der Waals surface area contributed by atoms with Crippen LogP contribution in [-0.2, 0) is 19.3 Å². The number of rotatable bonds is 3. The Balaban J connectivity index is 2.37. The highest BCUT2D eigenvalue weighted by Crippen LogP contribution is 2.36. The molecule has 0 saturated carbocycles. The van der Waals surface area contributed by atoms with Gasteiger partial charge in [0.1, 0.15) is 0 Å². The molecule has 5 nitrogen and oxygen atoms in total. The molecule has 0 N–H and O–H groups in total. The molecule has 7 heteroatoms. The normalized spacial score (nSPS) is 20.6. The van der Waals surface area contributed by atoms with Crippen LogP contribution in [0, 0.1) is 6.92 Å². The first-order chi connectivity index (χ1) is 9.88. The van der Waals surface area contributed by atoms with E-state index in [4.69, 9.17) is 9.31 Å². The van der Waals surface area contributed by atoms with Crippen molar-refractivity contribution in [3.63, 3.8) is 0 Å². The lowest BCUT2D eigenvalue weighted by molar-refractivity contribution is 0.00578. The van der Waals surface area contributed by atoms with Gasteiger partial charge in [-0.15, -0.1) is 0 Å². The molecule has 1 saturated heterocycles. The Morgan fingerprint density at radius 3 is 1.95 bits per heavy atom. The van der Waals surface area contributed by atoms with Crippen molar-refractivity contribution in [1.29, 1.82) is 0 Å². The third-order valence-corrected chi connectivity index (χ3v) is 6.46. The third-order valence-electron chi connectivity index (χ3n) is 4.48. The highest BCUT2D eigenvalue weighted by Gasteiger charge is 2.51. The number of aryl methyl sites for hydroxylation is 1. The number of sulfonamides is 1. The molecule has 0 amide bonds. The summed E-state index contributed by atoms with van der Waals surface area (Å²) in [7, 11) is -0.879. The van der Waals surface area contributed by atoms with Crippen LogP contribution < -0.4 is 5.46 Å². The summed E-state index contributed by atoms with van der Waals surface area (Å²) >= 11 is 0. The average molecular weight is 325 g/mol. The average Bonchev–Trinajstić information content (AvgIpc) is 2.57. The maximum absolute atomic E-state index is 12.3. The molecule has 0 unspecified atom stereocenters. The Hall–Kier alpha value is -0.885. The molecular weight excluding hydrogens is 301 g/mol. The van der Waals surface area contributed by atoms with Gasteiger partial charge in [-0.05, 0) is 51.7 Å². The van der Waals surface area contributed by atoms with E-state index in [0.29, 0.717) is 10.5 Å². The molecule has 0 spiro atoms. The molecule has 0 bridgehead atoms. The van der Waals surface area contributed by atoms with Crippen LogP contribution in [0.5, 0.6) is 0 Å². The molecule has 1 fully saturated rings. The topological polar surface area (TPSA) is 55.8 Å². The Kier molecular flexibility index (Phi) is 4.24. The zero-order chi connectivity index (χ0) is 16.9.